The summed E-state index contributed by atoms with van der Waals surface area (Å²) in [4.78, 5) is 8.70. The van der Waals surface area contributed by atoms with Gasteiger partial charge >= 0.3 is 0 Å². The molecule has 1 heterocycles. The van der Waals surface area contributed by atoms with Crippen molar-refractivity contribution in [2.75, 3.05) is 6.54 Å². The fourth-order valence-electron chi connectivity index (χ4n) is 1.87. The van der Waals surface area contributed by atoms with E-state index in [4.69, 9.17) is 23.2 Å². The van der Waals surface area contributed by atoms with Gasteiger partial charge in [0.05, 0.1) is 23.6 Å². The van der Waals surface area contributed by atoms with Crippen LogP contribution in [0.15, 0.2) is 30.6 Å². The zero-order valence-corrected chi connectivity index (χ0v) is 12.3. The third-order valence-corrected chi connectivity index (χ3v) is 3.35. The summed E-state index contributed by atoms with van der Waals surface area (Å²) < 4.78 is 0. The van der Waals surface area contributed by atoms with Crippen LogP contribution in [0.5, 0.6) is 0 Å². The number of nitrogens with one attached hydrogen (secondary N) is 1. The van der Waals surface area contributed by atoms with Crippen LogP contribution >= 0.6 is 23.2 Å². The highest BCUT2D eigenvalue weighted by Gasteiger charge is 2.18. The Morgan fingerprint density at radius 1 is 1.21 bits per heavy atom. The lowest BCUT2D eigenvalue weighted by molar-refractivity contribution is 0.612. The maximum absolute atomic E-state index is 6.26. The van der Waals surface area contributed by atoms with E-state index in [0.717, 1.165) is 23.5 Å². The van der Waals surface area contributed by atoms with Crippen LogP contribution in [0.4, 0.5) is 0 Å². The van der Waals surface area contributed by atoms with E-state index >= 15 is 0 Å². The molecule has 1 atom stereocenters. The highest BCUT2D eigenvalue weighted by atomic mass is 35.5. The standard InChI is InChI=1S/C14H15Cl2N3/c1-3-17-14(13-8-18-9(2)7-19-13)11-6-10(15)4-5-12(11)16/h4-8,14,17H,3H2,1-2H3. The van der Waals surface area contributed by atoms with Crippen molar-refractivity contribution in [2.45, 2.75) is 19.9 Å². The molecule has 0 saturated heterocycles. The van der Waals surface area contributed by atoms with Gasteiger partial charge in [0, 0.05) is 16.2 Å². The summed E-state index contributed by atoms with van der Waals surface area (Å²) in [5.41, 5.74) is 2.63. The lowest BCUT2D eigenvalue weighted by Gasteiger charge is -2.19. The maximum Gasteiger partial charge on any atom is 0.0802 e. The number of nitrogens with zero attached hydrogens (tertiary/aromatic N) is 2. The van der Waals surface area contributed by atoms with Crippen LogP contribution in [0.3, 0.4) is 0 Å². The lowest BCUT2D eigenvalue weighted by atomic mass is 10.0. The van der Waals surface area contributed by atoms with E-state index in [2.05, 4.69) is 15.3 Å². The van der Waals surface area contributed by atoms with Gasteiger partial charge in [-0.1, -0.05) is 30.1 Å². The molecule has 100 valence electrons. The first-order chi connectivity index (χ1) is 9.11. The second-order valence-corrected chi connectivity index (χ2v) is 5.08. The van der Waals surface area contributed by atoms with Crippen molar-refractivity contribution in [3.8, 4) is 0 Å². The summed E-state index contributed by atoms with van der Waals surface area (Å²) in [6, 6.07) is 5.32. The van der Waals surface area contributed by atoms with Crippen molar-refractivity contribution >= 4 is 23.2 Å². The van der Waals surface area contributed by atoms with Gasteiger partial charge < -0.3 is 5.32 Å². The molecule has 0 radical (unpaired) electrons. The van der Waals surface area contributed by atoms with Crippen LogP contribution in [0.1, 0.15) is 29.9 Å². The van der Waals surface area contributed by atoms with Gasteiger partial charge in [-0.05, 0) is 37.2 Å². The van der Waals surface area contributed by atoms with Crippen molar-refractivity contribution in [2.24, 2.45) is 0 Å². The third kappa shape index (κ3) is 3.44. The summed E-state index contributed by atoms with van der Waals surface area (Å²) >= 11 is 12.3. The first kappa shape index (κ1) is 14.3. The van der Waals surface area contributed by atoms with E-state index < -0.39 is 0 Å². The Kier molecular flexibility index (Phi) is 4.75. The molecule has 2 rings (SSSR count). The highest BCUT2D eigenvalue weighted by Crippen LogP contribution is 2.29. The van der Waals surface area contributed by atoms with Gasteiger partial charge in [-0.3, -0.25) is 9.97 Å². The van der Waals surface area contributed by atoms with Crippen molar-refractivity contribution < 1.29 is 0 Å². The second-order valence-electron chi connectivity index (χ2n) is 4.24. The van der Waals surface area contributed by atoms with E-state index in [-0.39, 0.29) is 6.04 Å². The van der Waals surface area contributed by atoms with Crippen molar-refractivity contribution in [3.63, 3.8) is 0 Å². The minimum absolute atomic E-state index is 0.107. The topological polar surface area (TPSA) is 37.8 Å². The number of hydrogen-bond donors (Lipinski definition) is 1. The molecule has 0 bridgehead atoms. The number of rotatable bonds is 4. The fourth-order valence-corrected chi connectivity index (χ4v) is 2.27. The zero-order valence-electron chi connectivity index (χ0n) is 10.8. The summed E-state index contributed by atoms with van der Waals surface area (Å²) in [6.07, 6.45) is 3.51. The molecule has 1 unspecified atom stereocenters. The fraction of sp³-hybridized carbons (Fsp3) is 0.286. The van der Waals surface area contributed by atoms with Gasteiger partial charge in [0.2, 0.25) is 0 Å². The van der Waals surface area contributed by atoms with Crippen LogP contribution in [0.25, 0.3) is 0 Å². The zero-order chi connectivity index (χ0) is 13.8. The SMILES string of the molecule is CCNC(c1cnc(C)cn1)c1cc(Cl)ccc1Cl. The second kappa shape index (κ2) is 6.33. The molecule has 3 nitrogen and oxygen atoms in total. The molecule has 0 amide bonds. The van der Waals surface area contributed by atoms with Gasteiger partial charge in [0.25, 0.3) is 0 Å². The van der Waals surface area contributed by atoms with E-state index in [1.807, 2.05) is 19.9 Å². The van der Waals surface area contributed by atoms with Crippen molar-refractivity contribution in [1.82, 2.24) is 15.3 Å². The summed E-state index contributed by atoms with van der Waals surface area (Å²) in [5, 5.41) is 4.68. The molecule has 19 heavy (non-hydrogen) atoms. The molecule has 0 spiro atoms. The Hall–Kier alpha value is -1.16. The highest BCUT2D eigenvalue weighted by molar-refractivity contribution is 6.33. The molecular weight excluding hydrogens is 281 g/mol. The minimum atomic E-state index is -0.107. The number of benzene rings is 1. The summed E-state index contributed by atoms with van der Waals surface area (Å²) in [6.45, 7) is 4.74. The van der Waals surface area contributed by atoms with Gasteiger partial charge in [-0.15, -0.1) is 0 Å². The van der Waals surface area contributed by atoms with Gasteiger partial charge in [0.15, 0.2) is 0 Å². The van der Waals surface area contributed by atoms with E-state index in [1.54, 1.807) is 24.5 Å². The molecular formula is C14H15Cl2N3. The van der Waals surface area contributed by atoms with E-state index in [9.17, 15) is 0 Å². The average molecular weight is 296 g/mol. The van der Waals surface area contributed by atoms with Crippen LogP contribution in [-0.4, -0.2) is 16.5 Å². The predicted octanol–water partition coefficient (Wildman–Crippen LogP) is 3.79. The molecule has 1 aromatic carbocycles. The molecule has 0 aliphatic carbocycles. The van der Waals surface area contributed by atoms with E-state index in [1.165, 1.54) is 0 Å². The number of aryl methyl sites for hydroxylation is 1. The molecule has 0 aliphatic heterocycles. The molecule has 1 aromatic heterocycles. The third-order valence-electron chi connectivity index (χ3n) is 2.77. The maximum atomic E-state index is 6.26. The Labute approximate surface area is 123 Å². The molecule has 0 saturated carbocycles. The van der Waals surface area contributed by atoms with E-state index in [0.29, 0.717) is 10.0 Å². The van der Waals surface area contributed by atoms with Crippen molar-refractivity contribution in [1.29, 1.82) is 0 Å². The minimum Gasteiger partial charge on any atom is -0.305 e. The average Bonchev–Trinajstić information content (AvgIpc) is 2.40. The Bertz CT molecular complexity index is 555. The normalized spacial score (nSPS) is 12.4. The monoisotopic (exact) mass is 295 g/mol. The van der Waals surface area contributed by atoms with Crippen LogP contribution in [0, 0.1) is 6.92 Å². The first-order valence-corrected chi connectivity index (χ1v) is 6.84. The van der Waals surface area contributed by atoms with Gasteiger partial charge in [-0.25, -0.2) is 0 Å². The first-order valence-electron chi connectivity index (χ1n) is 6.08. The number of hydrogen-bond acceptors (Lipinski definition) is 3. The van der Waals surface area contributed by atoms with Crippen LogP contribution in [0.2, 0.25) is 10.0 Å². The molecule has 5 heteroatoms. The van der Waals surface area contributed by atoms with Gasteiger partial charge in [-0.2, -0.15) is 0 Å². The van der Waals surface area contributed by atoms with Crippen molar-refractivity contribution in [3.05, 3.63) is 57.6 Å². The van der Waals surface area contributed by atoms with Crippen LogP contribution < -0.4 is 5.32 Å². The molecule has 0 fully saturated rings. The summed E-state index contributed by atoms with van der Waals surface area (Å²) in [5.74, 6) is 0. The Morgan fingerprint density at radius 2 is 2.00 bits per heavy atom. The van der Waals surface area contributed by atoms with Gasteiger partial charge in [0.1, 0.15) is 0 Å². The Morgan fingerprint density at radius 3 is 2.63 bits per heavy atom. The Balaban J connectivity index is 2.44. The van der Waals surface area contributed by atoms with Crippen LogP contribution in [-0.2, 0) is 0 Å². The quantitative estimate of drug-likeness (QED) is 0.932. The predicted molar refractivity (Wildman–Crippen MR) is 78.8 cm³/mol. The largest absolute Gasteiger partial charge is 0.305 e. The molecule has 2 aromatic rings. The number of aromatic nitrogens is 2. The summed E-state index contributed by atoms with van der Waals surface area (Å²) in [7, 11) is 0. The molecule has 1 N–H and O–H groups in total. The number of halogens is 2. The molecule has 0 aliphatic rings. The lowest BCUT2D eigenvalue weighted by Crippen LogP contribution is -2.23. The smallest absolute Gasteiger partial charge is 0.0802 e.